The minimum atomic E-state index is -0.0258. The number of fused-ring (bicyclic) bond motifs is 1. The lowest BCUT2D eigenvalue weighted by Crippen LogP contribution is -2.28. The van der Waals surface area contributed by atoms with E-state index >= 15 is 0 Å². The number of rotatable bonds is 7. The molecule has 3 rings (SSSR count). The number of benzene rings is 1. The average molecular weight is 336 g/mol. The number of aromatic nitrogens is 3. The van der Waals surface area contributed by atoms with Gasteiger partial charge in [0.05, 0.1) is 0 Å². The Balaban J connectivity index is 1.89. The van der Waals surface area contributed by atoms with E-state index in [2.05, 4.69) is 53.1 Å². The number of nitrogens with zero attached hydrogens (tertiary/aromatic N) is 4. The standard InChI is InChI=1S/C20H24N4O/c1-4-17(14-23(3)13-16-9-6-5-7-10-16)24-19(15(2)25)22-18-11-8-12-21-20(18)24/h5-12,17H,4,13-14H2,1-3H3/t17-/m0/s1. The summed E-state index contributed by atoms with van der Waals surface area (Å²) in [5, 5.41) is 0. The van der Waals surface area contributed by atoms with Crippen LogP contribution in [0.3, 0.4) is 0 Å². The zero-order chi connectivity index (χ0) is 17.8. The fourth-order valence-corrected chi connectivity index (χ4v) is 3.24. The third kappa shape index (κ3) is 3.77. The van der Waals surface area contributed by atoms with E-state index < -0.39 is 0 Å². The molecule has 25 heavy (non-hydrogen) atoms. The number of Topliss-reactive ketones (excluding diaryl/α,β-unsaturated/α-hetero) is 1. The summed E-state index contributed by atoms with van der Waals surface area (Å²) >= 11 is 0. The zero-order valence-corrected chi connectivity index (χ0v) is 15.0. The van der Waals surface area contributed by atoms with Crippen molar-refractivity contribution in [2.24, 2.45) is 0 Å². The molecule has 0 N–H and O–H groups in total. The van der Waals surface area contributed by atoms with Crippen LogP contribution in [0, 0.1) is 0 Å². The minimum absolute atomic E-state index is 0.0258. The van der Waals surface area contributed by atoms with E-state index in [-0.39, 0.29) is 11.8 Å². The molecule has 5 nitrogen and oxygen atoms in total. The number of hydrogen-bond acceptors (Lipinski definition) is 4. The van der Waals surface area contributed by atoms with Crippen LogP contribution in [0.1, 0.15) is 42.5 Å². The van der Waals surface area contributed by atoms with Crippen LogP contribution in [0.5, 0.6) is 0 Å². The fraction of sp³-hybridized carbons (Fsp3) is 0.350. The van der Waals surface area contributed by atoms with Crippen molar-refractivity contribution in [1.82, 2.24) is 19.4 Å². The van der Waals surface area contributed by atoms with Gasteiger partial charge in [-0.05, 0) is 31.2 Å². The lowest BCUT2D eigenvalue weighted by molar-refractivity contribution is 0.0995. The Labute approximate surface area is 148 Å². The highest BCUT2D eigenvalue weighted by atomic mass is 16.1. The van der Waals surface area contributed by atoms with Crippen LogP contribution in [-0.4, -0.2) is 38.8 Å². The highest BCUT2D eigenvalue weighted by Gasteiger charge is 2.22. The first-order chi connectivity index (χ1) is 12.1. The van der Waals surface area contributed by atoms with Gasteiger partial charge in [0, 0.05) is 32.3 Å². The van der Waals surface area contributed by atoms with Crippen molar-refractivity contribution in [3.05, 3.63) is 60.0 Å². The van der Waals surface area contributed by atoms with Gasteiger partial charge in [-0.15, -0.1) is 0 Å². The molecule has 130 valence electrons. The lowest BCUT2D eigenvalue weighted by atomic mass is 10.1. The minimum Gasteiger partial charge on any atom is -0.302 e. The molecule has 1 aromatic carbocycles. The van der Waals surface area contributed by atoms with E-state index in [0.717, 1.165) is 30.7 Å². The number of carbonyl (C=O) groups is 1. The summed E-state index contributed by atoms with van der Waals surface area (Å²) in [4.78, 5) is 23.4. The van der Waals surface area contributed by atoms with Crippen molar-refractivity contribution < 1.29 is 4.79 Å². The van der Waals surface area contributed by atoms with Crippen LogP contribution in [0.15, 0.2) is 48.7 Å². The molecular formula is C20H24N4O. The van der Waals surface area contributed by atoms with Gasteiger partial charge in [0.25, 0.3) is 0 Å². The quantitative estimate of drug-likeness (QED) is 0.617. The summed E-state index contributed by atoms with van der Waals surface area (Å²) in [5.74, 6) is 0.468. The largest absolute Gasteiger partial charge is 0.302 e. The second-order valence-corrected chi connectivity index (χ2v) is 6.45. The summed E-state index contributed by atoms with van der Waals surface area (Å²) in [6, 6.07) is 14.3. The van der Waals surface area contributed by atoms with Gasteiger partial charge in [-0.3, -0.25) is 4.79 Å². The van der Waals surface area contributed by atoms with Gasteiger partial charge in [0.1, 0.15) is 5.52 Å². The molecule has 0 aliphatic rings. The number of hydrogen-bond donors (Lipinski definition) is 0. The van der Waals surface area contributed by atoms with Gasteiger partial charge in [-0.1, -0.05) is 37.3 Å². The van der Waals surface area contributed by atoms with Gasteiger partial charge < -0.3 is 9.47 Å². The molecule has 0 saturated carbocycles. The summed E-state index contributed by atoms with van der Waals surface area (Å²) in [5.41, 5.74) is 2.84. The van der Waals surface area contributed by atoms with E-state index in [9.17, 15) is 4.79 Å². The monoisotopic (exact) mass is 336 g/mol. The molecule has 0 unspecified atom stereocenters. The Hall–Kier alpha value is -2.53. The van der Waals surface area contributed by atoms with Gasteiger partial charge >= 0.3 is 0 Å². The Bertz CT molecular complexity index is 857. The number of ketones is 1. The van der Waals surface area contributed by atoms with Crippen molar-refractivity contribution in [3.63, 3.8) is 0 Å². The van der Waals surface area contributed by atoms with E-state index in [4.69, 9.17) is 0 Å². The van der Waals surface area contributed by atoms with Crippen molar-refractivity contribution >= 4 is 16.9 Å². The van der Waals surface area contributed by atoms with Crippen molar-refractivity contribution in [2.45, 2.75) is 32.9 Å². The summed E-state index contributed by atoms with van der Waals surface area (Å²) in [7, 11) is 2.11. The Morgan fingerprint density at radius 3 is 2.64 bits per heavy atom. The van der Waals surface area contributed by atoms with Gasteiger partial charge in [-0.25, -0.2) is 9.97 Å². The smallest absolute Gasteiger partial charge is 0.195 e. The number of imidazole rings is 1. The van der Waals surface area contributed by atoms with E-state index in [0.29, 0.717) is 5.82 Å². The van der Waals surface area contributed by atoms with E-state index in [1.165, 1.54) is 5.56 Å². The fourth-order valence-electron chi connectivity index (χ4n) is 3.24. The number of pyridine rings is 1. The summed E-state index contributed by atoms with van der Waals surface area (Å²) < 4.78 is 2.01. The summed E-state index contributed by atoms with van der Waals surface area (Å²) in [6.07, 6.45) is 2.66. The predicted octanol–water partition coefficient (Wildman–Crippen LogP) is 3.72. The van der Waals surface area contributed by atoms with Crippen LogP contribution in [0.25, 0.3) is 11.2 Å². The highest BCUT2D eigenvalue weighted by molar-refractivity contribution is 5.94. The third-order valence-corrected chi connectivity index (χ3v) is 4.42. The first-order valence-corrected chi connectivity index (χ1v) is 8.66. The molecule has 1 atom stereocenters. The second kappa shape index (κ2) is 7.57. The van der Waals surface area contributed by atoms with Gasteiger partial charge in [-0.2, -0.15) is 0 Å². The molecule has 3 aromatic rings. The maximum absolute atomic E-state index is 12.1. The van der Waals surface area contributed by atoms with Gasteiger partial charge in [0.2, 0.25) is 0 Å². The summed E-state index contributed by atoms with van der Waals surface area (Å²) in [6.45, 7) is 5.40. The normalized spacial score (nSPS) is 12.6. The Morgan fingerprint density at radius 1 is 1.20 bits per heavy atom. The van der Waals surface area contributed by atoms with Gasteiger partial charge in [0.15, 0.2) is 17.3 Å². The van der Waals surface area contributed by atoms with E-state index in [1.807, 2.05) is 22.8 Å². The van der Waals surface area contributed by atoms with Crippen molar-refractivity contribution in [3.8, 4) is 0 Å². The van der Waals surface area contributed by atoms with Crippen LogP contribution >= 0.6 is 0 Å². The third-order valence-electron chi connectivity index (χ3n) is 4.42. The molecule has 2 aromatic heterocycles. The number of likely N-dealkylation sites (N-methyl/N-ethyl adjacent to an activating group) is 1. The molecule has 0 bridgehead atoms. The molecule has 0 fully saturated rings. The predicted molar refractivity (Wildman–Crippen MR) is 99.6 cm³/mol. The molecule has 0 spiro atoms. The Morgan fingerprint density at radius 2 is 1.96 bits per heavy atom. The number of carbonyl (C=O) groups excluding carboxylic acids is 1. The zero-order valence-electron chi connectivity index (χ0n) is 15.0. The van der Waals surface area contributed by atoms with Crippen molar-refractivity contribution in [2.75, 3.05) is 13.6 Å². The van der Waals surface area contributed by atoms with Crippen molar-refractivity contribution in [1.29, 1.82) is 0 Å². The molecule has 5 heteroatoms. The molecule has 0 amide bonds. The van der Waals surface area contributed by atoms with Crippen LogP contribution in [0.4, 0.5) is 0 Å². The molecule has 2 heterocycles. The highest BCUT2D eigenvalue weighted by Crippen LogP contribution is 2.23. The average Bonchev–Trinajstić information content (AvgIpc) is 3.00. The maximum atomic E-state index is 12.1. The SMILES string of the molecule is CC[C@@H](CN(C)Cc1ccccc1)n1c(C(C)=O)nc2cccnc21. The molecule has 0 saturated heterocycles. The molecule has 0 aliphatic heterocycles. The lowest BCUT2D eigenvalue weighted by Gasteiger charge is -2.25. The molecule has 0 aliphatic carbocycles. The topological polar surface area (TPSA) is 51.0 Å². The van der Waals surface area contributed by atoms with E-state index in [1.54, 1.807) is 13.1 Å². The van der Waals surface area contributed by atoms with Crippen LogP contribution in [-0.2, 0) is 6.54 Å². The maximum Gasteiger partial charge on any atom is 0.195 e. The Kier molecular flexibility index (Phi) is 5.24. The van der Waals surface area contributed by atoms with Crippen LogP contribution < -0.4 is 0 Å². The first-order valence-electron chi connectivity index (χ1n) is 8.66. The molecule has 0 radical (unpaired) electrons. The van der Waals surface area contributed by atoms with Crippen LogP contribution in [0.2, 0.25) is 0 Å². The second-order valence-electron chi connectivity index (χ2n) is 6.45. The first kappa shape index (κ1) is 17.3. The molecular weight excluding hydrogens is 312 g/mol.